The summed E-state index contributed by atoms with van der Waals surface area (Å²) in [5.41, 5.74) is 0.0672. The molecule has 1 heterocycles. The van der Waals surface area contributed by atoms with E-state index in [1.54, 1.807) is 13.8 Å². The first-order valence-corrected chi connectivity index (χ1v) is 6.75. The number of nitro groups is 1. The lowest BCUT2D eigenvalue weighted by Gasteiger charge is -2.33. The second-order valence-electron chi connectivity index (χ2n) is 5.18. The molecule has 4 amide bonds. The average molecular weight is 305 g/mol. The molecule has 1 aliphatic rings. The summed E-state index contributed by atoms with van der Waals surface area (Å²) in [6.45, 7) is 3.39. The van der Waals surface area contributed by atoms with Gasteiger partial charge < -0.3 is 0 Å². The molecule has 0 bridgehead atoms. The number of urea groups is 1. The summed E-state index contributed by atoms with van der Waals surface area (Å²) in [6.07, 6.45) is 0.0290. The number of anilines is 1. The van der Waals surface area contributed by atoms with Crippen LogP contribution in [0.15, 0.2) is 24.3 Å². The van der Waals surface area contributed by atoms with Crippen LogP contribution < -0.4 is 4.90 Å². The maximum absolute atomic E-state index is 12.4. The number of benzene rings is 1. The van der Waals surface area contributed by atoms with Gasteiger partial charge in [0.15, 0.2) is 0 Å². The highest BCUT2D eigenvalue weighted by Gasteiger charge is 2.37. The van der Waals surface area contributed by atoms with Gasteiger partial charge in [-0.2, -0.15) is 0 Å². The van der Waals surface area contributed by atoms with Gasteiger partial charge in [-0.15, -0.1) is 0 Å². The second kappa shape index (κ2) is 5.92. The van der Waals surface area contributed by atoms with Crippen molar-refractivity contribution in [1.82, 2.24) is 4.90 Å². The van der Waals surface area contributed by atoms with E-state index < -0.39 is 16.9 Å². The van der Waals surface area contributed by atoms with Crippen molar-refractivity contribution in [3.63, 3.8) is 0 Å². The Bertz CT molecular complexity index is 638. The smallest absolute Gasteiger partial charge is 0.274 e. The van der Waals surface area contributed by atoms with Crippen molar-refractivity contribution in [3.8, 4) is 0 Å². The van der Waals surface area contributed by atoms with E-state index in [1.807, 2.05) is 0 Å². The van der Waals surface area contributed by atoms with Gasteiger partial charge in [0.25, 0.3) is 5.69 Å². The zero-order valence-corrected chi connectivity index (χ0v) is 12.2. The van der Waals surface area contributed by atoms with E-state index >= 15 is 0 Å². The van der Waals surface area contributed by atoms with Crippen molar-refractivity contribution >= 4 is 29.2 Å². The van der Waals surface area contributed by atoms with E-state index in [9.17, 15) is 24.5 Å². The van der Waals surface area contributed by atoms with Crippen LogP contribution in [0.2, 0.25) is 0 Å². The van der Waals surface area contributed by atoms with Gasteiger partial charge in [-0.1, -0.05) is 13.8 Å². The maximum atomic E-state index is 12.4. The molecule has 0 aliphatic carbocycles. The normalized spacial score (nSPS) is 15.4. The molecule has 1 fully saturated rings. The molecule has 0 aromatic heterocycles. The highest BCUT2D eigenvalue weighted by atomic mass is 16.6. The molecule has 22 heavy (non-hydrogen) atoms. The third-order valence-corrected chi connectivity index (χ3v) is 3.30. The van der Waals surface area contributed by atoms with Crippen LogP contribution in [-0.2, 0) is 9.59 Å². The Morgan fingerprint density at radius 1 is 1.23 bits per heavy atom. The molecule has 1 aliphatic heterocycles. The molecule has 0 radical (unpaired) electrons. The summed E-state index contributed by atoms with van der Waals surface area (Å²) >= 11 is 0. The SMILES string of the molecule is CC(C)C(=O)N1CCC(=O)N(c2ccc([N+](=O)[O-])cc2)C1=O. The van der Waals surface area contributed by atoms with Crippen LogP contribution in [-0.4, -0.2) is 34.2 Å². The molecule has 116 valence electrons. The summed E-state index contributed by atoms with van der Waals surface area (Å²) < 4.78 is 0. The van der Waals surface area contributed by atoms with Crippen molar-refractivity contribution in [3.05, 3.63) is 34.4 Å². The minimum Gasteiger partial charge on any atom is -0.274 e. The first-order valence-electron chi connectivity index (χ1n) is 6.75. The zero-order valence-electron chi connectivity index (χ0n) is 12.2. The van der Waals surface area contributed by atoms with E-state index in [0.717, 1.165) is 9.80 Å². The van der Waals surface area contributed by atoms with Crippen LogP contribution >= 0.6 is 0 Å². The van der Waals surface area contributed by atoms with Crippen molar-refractivity contribution in [1.29, 1.82) is 0 Å². The fraction of sp³-hybridized carbons (Fsp3) is 0.357. The van der Waals surface area contributed by atoms with Crippen molar-refractivity contribution in [2.24, 2.45) is 5.92 Å². The fourth-order valence-corrected chi connectivity index (χ4v) is 2.14. The third kappa shape index (κ3) is 2.80. The number of nitrogens with zero attached hydrogens (tertiary/aromatic N) is 3. The Labute approximate surface area is 126 Å². The summed E-state index contributed by atoms with van der Waals surface area (Å²) in [7, 11) is 0. The standard InChI is InChI=1S/C14H15N3O5/c1-9(2)13(19)15-8-7-12(18)16(14(15)20)10-3-5-11(6-4-10)17(21)22/h3-6,9H,7-8H2,1-2H3. The van der Waals surface area contributed by atoms with E-state index in [1.165, 1.54) is 24.3 Å². The summed E-state index contributed by atoms with van der Waals surface area (Å²) in [6, 6.07) is 4.33. The van der Waals surface area contributed by atoms with Crippen LogP contribution in [0.3, 0.4) is 0 Å². The minimum atomic E-state index is -0.719. The fourth-order valence-electron chi connectivity index (χ4n) is 2.14. The van der Waals surface area contributed by atoms with Gasteiger partial charge in [-0.25, -0.2) is 9.69 Å². The van der Waals surface area contributed by atoms with E-state index in [4.69, 9.17) is 0 Å². The predicted molar refractivity (Wildman–Crippen MR) is 77.1 cm³/mol. The Morgan fingerprint density at radius 3 is 2.32 bits per heavy atom. The van der Waals surface area contributed by atoms with Crippen LogP contribution in [0.4, 0.5) is 16.2 Å². The zero-order chi connectivity index (χ0) is 16.4. The number of rotatable bonds is 3. The molecule has 1 saturated heterocycles. The average Bonchev–Trinajstić information content (AvgIpc) is 2.47. The molecule has 1 aromatic rings. The maximum Gasteiger partial charge on any atom is 0.338 e. The lowest BCUT2D eigenvalue weighted by atomic mass is 10.1. The van der Waals surface area contributed by atoms with Crippen molar-refractivity contribution in [2.75, 3.05) is 11.4 Å². The lowest BCUT2D eigenvalue weighted by Crippen LogP contribution is -2.55. The summed E-state index contributed by atoms with van der Waals surface area (Å²) in [5, 5.41) is 10.6. The number of imide groups is 2. The van der Waals surface area contributed by atoms with Crippen LogP contribution in [0, 0.1) is 16.0 Å². The number of carbonyl (C=O) groups excluding carboxylic acids is 3. The number of non-ortho nitro benzene ring substituents is 1. The first kappa shape index (κ1) is 15.6. The monoisotopic (exact) mass is 305 g/mol. The molecule has 0 saturated carbocycles. The van der Waals surface area contributed by atoms with Gasteiger partial charge in [0.2, 0.25) is 11.8 Å². The highest BCUT2D eigenvalue weighted by Crippen LogP contribution is 2.24. The number of hydrogen-bond donors (Lipinski definition) is 0. The molecule has 0 spiro atoms. The van der Waals surface area contributed by atoms with E-state index in [2.05, 4.69) is 0 Å². The minimum absolute atomic E-state index is 0.0290. The van der Waals surface area contributed by atoms with Gasteiger partial charge in [-0.05, 0) is 12.1 Å². The predicted octanol–water partition coefficient (Wildman–Crippen LogP) is 1.94. The van der Waals surface area contributed by atoms with Gasteiger partial charge in [-0.3, -0.25) is 24.6 Å². The van der Waals surface area contributed by atoms with Crippen molar-refractivity contribution in [2.45, 2.75) is 20.3 Å². The number of amides is 4. The van der Waals surface area contributed by atoms with Gasteiger partial charge in [0.05, 0.1) is 10.6 Å². The third-order valence-electron chi connectivity index (χ3n) is 3.30. The molecule has 8 nitrogen and oxygen atoms in total. The van der Waals surface area contributed by atoms with Gasteiger partial charge >= 0.3 is 6.03 Å². The molecule has 0 unspecified atom stereocenters. The molecule has 0 N–H and O–H groups in total. The molecule has 8 heteroatoms. The highest BCUT2D eigenvalue weighted by molar-refractivity contribution is 6.19. The quantitative estimate of drug-likeness (QED) is 0.627. The molecule has 0 atom stereocenters. The Balaban J connectivity index is 2.31. The number of hydrogen-bond acceptors (Lipinski definition) is 5. The Kier molecular flexibility index (Phi) is 4.20. The van der Waals surface area contributed by atoms with Crippen LogP contribution in [0.25, 0.3) is 0 Å². The summed E-state index contributed by atoms with van der Waals surface area (Å²) in [5.74, 6) is -1.16. The molecular weight excluding hydrogens is 290 g/mol. The van der Waals surface area contributed by atoms with Gasteiger partial charge in [0.1, 0.15) is 0 Å². The Morgan fingerprint density at radius 2 is 1.82 bits per heavy atom. The van der Waals surface area contributed by atoms with Gasteiger partial charge in [0, 0.05) is 31.0 Å². The molecule has 1 aromatic carbocycles. The van der Waals surface area contributed by atoms with E-state index in [0.29, 0.717) is 0 Å². The van der Waals surface area contributed by atoms with Crippen LogP contribution in [0.1, 0.15) is 20.3 Å². The Hall–Kier alpha value is -2.77. The molecule has 2 rings (SSSR count). The largest absolute Gasteiger partial charge is 0.338 e. The first-order chi connectivity index (χ1) is 10.3. The van der Waals surface area contributed by atoms with Crippen LogP contribution in [0.5, 0.6) is 0 Å². The van der Waals surface area contributed by atoms with E-state index in [-0.39, 0.29) is 36.2 Å². The number of nitro benzene ring substituents is 1. The molecular formula is C14H15N3O5. The lowest BCUT2D eigenvalue weighted by molar-refractivity contribution is -0.384. The number of carbonyl (C=O) groups is 3. The topological polar surface area (TPSA) is 101 Å². The second-order valence-corrected chi connectivity index (χ2v) is 5.18. The summed E-state index contributed by atoms with van der Waals surface area (Å²) in [4.78, 5) is 48.4. The van der Waals surface area contributed by atoms with Crippen molar-refractivity contribution < 1.29 is 19.3 Å².